The van der Waals surface area contributed by atoms with Crippen LogP contribution in [0, 0.1) is 0 Å². The van der Waals surface area contributed by atoms with E-state index in [-0.39, 0.29) is 24.0 Å². The van der Waals surface area contributed by atoms with Crippen LogP contribution in [0.25, 0.3) is 11.4 Å². The Labute approximate surface area is 204 Å². The van der Waals surface area contributed by atoms with E-state index in [1.165, 1.54) is 5.56 Å². The zero-order valence-electron chi connectivity index (χ0n) is 17.6. The SMILES string of the molecule is CCNC(=NCCc1nc(-c2ccc(Cl)cc2)no1)NCCc1ccc(OC)cc1.I. The van der Waals surface area contributed by atoms with Crippen LogP contribution in [0.15, 0.2) is 58.0 Å². The van der Waals surface area contributed by atoms with Crippen LogP contribution >= 0.6 is 35.6 Å². The maximum atomic E-state index is 5.92. The van der Waals surface area contributed by atoms with Gasteiger partial charge in [0.15, 0.2) is 5.96 Å². The number of aliphatic imine (C=N–C) groups is 1. The first-order valence-corrected chi connectivity index (χ1v) is 10.3. The van der Waals surface area contributed by atoms with Crippen molar-refractivity contribution in [2.75, 3.05) is 26.7 Å². The molecule has 0 amide bonds. The number of rotatable bonds is 9. The van der Waals surface area contributed by atoms with Gasteiger partial charge in [-0.2, -0.15) is 4.98 Å². The minimum absolute atomic E-state index is 0. The predicted octanol–water partition coefficient (Wildman–Crippen LogP) is 4.36. The van der Waals surface area contributed by atoms with Gasteiger partial charge in [0.05, 0.1) is 13.7 Å². The second kappa shape index (κ2) is 13.2. The predicted molar refractivity (Wildman–Crippen MR) is 135 cm³/mol. The number of aromatic nitrogens is 2. The number of hydrogen-bond donors (Lipinski definition) is 2. The Kier molecular flexibility index (Phi) is 10.6. The lowest BCUT2D eigenvalue weighted by atomic mass is 10.1. The van der Waals surface area contributed by atoms with Crippen LogP contribution < -0.4 is 15.4 Å². The molecule has 1 heterocycles. The fraction of sp³-hybridized carbons (Fsp3) is 0.318. The molecule has 3 aromatic rings. The molecule has 0 bridgehead atoms. The maximum absolute atomic E-state index is 5.92. The molecule has 0 fully saturated rings. The van der Waals surface area contributed by atoms with Crippen molar-refractivity contribution in [3.8, 4) is 17.1 Å². The van der Waals surface area contributed by atoms with Gasteiger partial charge in [0.2, 0.25) is 11.7 Å². The number of halogens is 2. The van der Waals surface area contributed by atoms with E-state index in [1.54, 1.807) is 19.2 Å². The second-order valence-electron chi connectivity index (χ2n) is 6.55. The van der Waals surface area contributed by atoms with Crippen molar-refractivity contribution in [1.29, 1.82) is 0 Å². The lowest BCUT2D eigenvalue weighted by Crippen LogP contribution is -2.38. The van der Waals surface area contributed by atoms with Gasteiger partial charge in [-0.15, -0.1) is 24.0 Å². The molecule has 2 N–H and O–H groups in total. The fourth-order valence-corrected chi connectivity index (χ4v) is 2.92. The van der Waals surface area contributed by atoms with Gasteiger partial charge in [-0.3, -0.25) is 4.99 Å². The third-order valence-corrected chi connectivity index (χ3v) is 4.63. The van der Waals surface area contributed by atoms with Gasteiger partial charge in [0.25, 0.3) is 0 Å². The standard InChI is InChI=1S/C22H26ClN5O2.HI/c1-3-24-22(25-14-12-16-4-10-19(29-2)11-5-16)26-15-13-20-27-21(28-30-20)17-6-8-18(23)9-7-17;/h4-11H,3,12-15H2,1-2H3,(H2,24,25,26);1H. The Hall–Kier alpha value is -2.33. The Balaban J connectivity index is 0.00000341. The molecule has 0 unspecified atom stereocenters. The summed E-state index contributed by atoms with van der Waals surface area (Å²) < 4.78 is 10.5. The summed E-state index contributed by atoms with van der Waals surface area (Å²) in [6, 6.07) is 15.4. The smallest absolute Gasteiger partial charge is 0.228 e. The van der Waals surface area contributed by atoms with Gasteiger partial charge in [-0.05, 0) is 55.3 Å². The van der Waals surface area contributed by atoms with Crippen molar-refractivity contribution in [1.82, 2.24) is 20.8 Å². The normalized spacial score (nSPS) is 11.0. The average Bonchev–Trinajstić information content (AvgIpc) is 3.23. The van der Waals surface area contributed by atoms with Crippen molar-refractivity contribution < 1.29 is 9.26 Å². The summed E-state index contributed by atoms with van der Waals surface area (Å²) in [5, 5.41) is 11.3. The molecule has 2 aromatic carbocycles. The molecule has 31 heavy (non-hydrogen) atoms. The zero-order chi connectivity index (χ0) is 21.2. The molecule has 0 saturated heterocycles. The third kappa shape index (κ3) is 8.02. The molecule has 0 spiro atoms. The van der Waals surface area contributed by atoms with Gasteiger partial charge < -0.3 is 19.9 Å². The summed E-state index contributed by atoms with van der Waals surface area (Å²) in [7, 11) is 1.67. The van der Waals surface area contributed by atoms with Crippen molar-refractivity contribution in [3.63, 3.8) is 0 Å². The molecule has 7 nitrogen and oxygen atoms in total. The average molecular weight is 556 g/mol. The summed E-state index contributed by atoms with van der Waals surface area (Å²) in [6.07, 6.45) is 1.46. The summed E-state index contributed by atoms with van der Waals surface area (Å²) in [4.78, 5) is 9.02. The fourth-order valence-electron chi connectivity index (χ4n) is 2.80. The van der Waals surface area contributed by atoms with Crippen molar-refractivity contribution >= 4 is 41.5 Å². The van der Waals surface area contributed by atoms with E-state index >= 15 is 0 Å². The molecule has 1 aromatic heterocycles. The summed E-state index contributed by atoms with van der Waals surface area (Å²) in [5.74, 6) is 2.73. The topological polar surface area (TPSA) is 84.6 Å². The van der Waals surface area contributed by atoms with E-state index in [1.807, 2.05) is 31.2 Å². The van der Waals surface area contributed by atoms with Crippen molar-refractivity contribution in [3.05, 3.63) is 65.0 Å². The first-order chi connectivity index (χ1) is 14.7. The minimum atomic E-state index is 0. The van der Waals surface area contributed by atoms with Gasteiger partial charge in [-0.25, -0.2) is 0 Å². The Morgan fingerprint density at radius 2 is 1.81 bits per heavy atom. The molecule has 0 radical (unpaired) electrons. The highest BCUT2D eigenvalue weighted by Gasteiger charge is 2.08. The number of hydrogen-bond acceptors (Lipinski definition) is 5. The van der Waals surface area contributed by atoms with E-state index in [0.29, 0.717) is 29.7 Å². The number of ether oxygens (including phenoxy) is 1. The lowest BCUT2D eigenvalue weighted by Gasteiger charge is -2.11. The Morgan fingerprint density at radius 3 is 2.48 bits per heavy atom. The number of methoxy groups -OCH3 is 1. The van der Waals surface area contributed by atoms with E-state index in [4.69, 9.17) is 20.9 Å². The van der Waals surface area contributed by atoms with Gasteiger partial charge in [-0.1, -0.05) is 28.9 Å². The van der Waals surface area contributed by atoms with Crippen molar-refractivity contribution in [2.45, 2.75) is 19.8 Å². The molecule has 0 aliphatic rings. The van der Waals surface area contributed by atoms with Crippen LogP contribution in [0.2, 0.25) is 5.02 Å². The van der Waals surface area contributed by atoms with E-state index in [9.17, 15) is 0 Å². The van der Waals surface area contributed by atoms with Crippen LogP contribution in [0.5, 0.6) is 5.75 Å². The quantitative estimate of drug-likeness (QED) is 0.232. The maximum Gasteiger partial charge on any atom is 0.228 e. The molecular weight excluding hydrogens is 529 g/mol. The third-order valence-electron chi connectivity index (χ3n) is 4.38. The van der Waals surface area contributed by atoms with Crippen LogP contribution in [-0.2, 0) is 12.8 Å². The zero-order valence-corrected chi connectivity index (χ0v) is 20.7. The molecule has 0 aliphatic heterocycles. The molecular formula is C22H27ClIN5O2. The second-order valence-corrected chi connectivity index (χ2v) is 6.99. The van der Waals surface area contributed by atoms with Gasteiger partial charge >= 0.3 is 0 Å². The first-order valence-electron chi connectivity index (χ1n) is 9.91. The molecule has 3 rings (SSSR count). The number of nitrogens with one attached hydrogen (secondary N) is 2. The van der Waals surface area contributed by atoms with E-state index < -0.39 is 0 Å². The molecule has 0 aliphatic carbocycles. The highest BCUT2D eigenvalue weighted by Crippen LogP contribution is 2.18. The summed E-state index contributed by atoms with van der Waals surface area (Å²) in [6.45, 7) is 4.15. The van der Waals surface area contributed by atoms with Crippen LogP contribution in [-0.4, -0.2) is 42.8 Å². The molecule has 0 saturated carbocycles. The summed E-state index contributed by atoms with van der Waals surface area (Å²) in [5.41, 5.74) is 2.10. The van der Waals surface area contributed by atoms with Crippen LogP contribution in [0.4, 0.5) is 0 Å². The monoisotopic (exact) mass is 555 g/mol. The number of benzene rings is 2. The highest BCUT2D eigenvalue weighted by atomic mass is 127. The molecule has 9 heteroatoms. The number of guanidine groups is 1. The summed E-state index contributed by atoms with van der Waals surface area (Å²) >= 11 is 5.92. The molecule has 0 atom stereocenters. The largest absolute Gasteiger partial charge is 0.497 e. The van der Waals surface area contributed by atoms with E-state index in [2.05, 4.69) is 37.9 Å². The number of nitrogens with zero attached hydrogens (tertiary/aromatic N) is 3. The highest BCUT2D eigenvalue weighted by molar-refractivity contribution is 14.0. The van der Waals surface area contributed by atoms with Crippen molar-refractivity contribution in [2.24, 2.45) is 4.99 Å². The molecule has 166 valence electrons. The van der Waals surface area contributed by atoms with Crippen LogP contribution in [0.1, 0.15) is 18.4 Å². The van der Waals surface area contributed by atoms with Crippen LogP contribution in [0.3, 0.4) is 0 Å². The first kappa shape index (κ1) is 24.9. The Bertz CT molecular complexity index is 945. The van der Waals surface area contributed by atoms with E-state index in [0.717, 1.165) is 36.8 Å². The lowest BCUT2D eigenvalue weighted by molar-refractivity contribution is 0.380. The Morgan fingerprint density at radius 1 is 1.06 bits per heavy atom. The van der Waals surface area contributed by atoms with Gasteiger partial charge in [0.1, 0.15) is 5.75 Å². The minimum Gasteiger partial charge on any atom is -0.497 e. The van der Waals surface area contributed by atoms with Gasteiger partial charge in [0, 0.05) is 30.1 Å².